The molecule has 1 aliphatic heterocycles. The predicted octanol–water partition coefficient (Wildman–Crippen LogP) is 0.0776. The number of hydrogen-bond donors (Lipinski definition) is 2. The summed E-state index contributed by atoms with van der Waals surface area (Å²) in [5.41, 5.74) is 0.170. The van der Waals surface area contributed by atoms with Gasteiger partial charge in [-0.2, -0.15) is 4.31 Å². The van der Waals surface area contributed by atoms with E-state index >= 15 is 0 Å². The van der Waals surface area contributed by atoms with Crippen LogP contribution in [0.2, 0.25) is 0 Å². The highest BCUT2D eigenvalue weighted by Gasteiger charge is 2.33. The van der Waals surface area contributed by atoms with Crippen molar-refractivity contribution in [3.8, 4) is 5.75 Å². The van der Waals surface area contributed by atoms with Crippen LogP contribution in [0.3, 0.4) is 0 Å². The third-order valence-corrected chi connectivity index (χ3v) is 5.32. The molecule has 1 saturated heterocycles. The van der Waals surface area contributed by atoms with Gasteiger partial charge in [-0.25, -0.2) is 8.42 Å². The number of aliphatic hydroxyl groups excluding tert-OH is 1. The summed E-state index contributed by atoms with van der Waals surface area (Å²) >= 11 is 0. The Kier molecular flexibility index (Phi) is 4.50. The van der Waals surface area contributed by atoms with E-state index in [-0.39, 0.29) is 23.5 Å². The predicted molar refractivity (Wildman–Crippen MR) is 73.7 cm³/mol. The molecule has 0 bridgehead atoms. The lowest BCUT2D eigenvalue weighted by Gasteiger charge is -2.18. The molecule has 8 heteroatoms. The second-order valence-electron chi connectivity index (χ2n) is 4.85. The molecule has 0 saturated carbocycles. The van der Waals surface area contributed by atoms with Gasteiger partial charge in [-0.15, -0.1) is 0 Å². The molecule has 116 valence electrons. The zero-order valence-electron chi connectivity index (χ0n) is 11.5. The van der Waals surface area contributed by atoms with Crippen molar-refractivity contribution in [2.75, 3.05) is 20.2 Å². The maximum absolute atomic E-state index is 12.6. The van der Waals surface area contributed by atoms with Crippen LogP contribution in [0, 0.1) is 0 Å². The number of ether oxygens (including phenoxy) is 1. The van der Waals surface area contributed by atoms with Crippen LogP contribution in [0.5, 0.6) is 5.75 Å². The van der Waals surface area contributed by atoms with Crippen LogP contribution in [-0.2, 0) is 21.2 Å². The van der Waals surface area contributed by atoms with Crippen molar-refractivity contribution in [2.45, 2.75) is 23.8 Å². The van der Waals surface area contributed by atoms with E-state index in [1.807, 2.05) is 0 Å². The number of carboxylic acids is 1. The van der Waals surface area contributed by atoms with Gasteiger partial charge in [0.1, 0.15) is 5.75 Å². The Morgan fingerprint density at radius 2 is 2.19 bits per heavy atom. The number of rotatable bonds is 5. The Bertz CT molecular complexity index is 642. The van der Waals surface area contributed by atoms with Crippen molar-refractivity contribution in [1.82, 2.24) is 4.31 Å². The van der Waals surface area contributed by atoms with E-state index < -0.39 is 28.5 Å². The molecule has 1 aliphatic rings. The lowest BCUT2D eigenvalue weighted by atomic mass is 10.1. The highest BCUT2D eigenvalue weighted by Crippen LogP contribution is 2.27. The molecule has 1 aromatic rings. The molecular formula is C13H17NO6S. The minimum atomic E-state index is -3.82. The largest absolute Gasteiger partial charge is 0.497 e. The SMILES string of the molecule is COc1ccc(S(=O)(=O)N2CC[C@H](O)C2)c(CC(=O)O)c1. The van der Waals surface area contributed by atoms with Gasteiger partial charge >= 0.3 is 5.97 Å². The fraction of sp³-hybridized carbons (Fsp3) is 0.462. The maximum atomic E-state index is 12.6. The van der Waals surface area contributed by atoms with Crippen LogP contribution in [0.25, 0.3) is 0 Å². The second-order valence-corrected chi connectivity index (χ2v) is 6.76. The van der Waals surface area contributed by atoms with E-state index in [1.54, 1.807) is 0 Å². The number of nitrogens with zero attached hydrogens (tertiary/aromatic N) is 1. The molecule has 21 heavy (non-hydrogen) atoms. The Hall–Kier alpha value is -1.64. The third kappa shape index (κ3) is 3.34. The molecule has 0 spiro atoms. The summed E-state index contributed by atoms with van der Waals surface area (Å²) in [6.45, 7) is 0.253. The number of β-amino-alcohol motifs (C(OH)–C–C–N with tert-alkyl or cyclic N) is 1. The Morgan fingerprint density at radius 1 is 1.48 bits per heavy atom. The van der Waals surface area contributed by atoms with Crippen molar-refractivity contribution < 1.29 is 28.2 Å². The van der Waals surface area contributed by atoms with Gasteiger partial charge in [0.2, 0.25) is 10.0 Å². The standard InChI is InChI=1S/C13H17NO6S/c1-20-11-2-3-12(9(6-11)7-13(16)17)21(18,19)14-5-4-10(15)8-14/h2-3,6,10,15H,4-5,7-8H2,1H3,(H,16,17)/t10-/m0/s1. The minimum Gasteiger partial charge on any atom is -0.497 e. The normalized spacial score (nSPS) is 19.6. The van der Waals surface area contributed by atoms with Crippen LogP contribution in [0.1, 0.15) is 12.0 Å². The number of hydrogen-bond acceptors (Lipinski definition) is 5. The van der Waals surface area contributed by atoms with Crippen LogP contribution in [0.15, 0.2) is 23.1 Å². The average molecular weight is 315 g/mol. The summed E-state index contributed by atoms with van der Waals surface area (Å²) in [7, 11) is -2.40. The number of aliphatic carboxylic acids is 1. The summed E-state index contributed by atoms with van der Waals surface area (Å²) in [5.74, 6) is -0.729. The minimum absolute atomic E-state index is 0.0286. The van der Waals surface area contributed by atoms with Crippen molar-refractivity contribution in [1.29, 1.82) is 0 Å². The lowest BCUT2D eigenvalue weighted by molar-refractivity contribution is -0.136. The van der Waals surface area contributed by atoms with E-state index in [9.17, 15) is 18.3 Å². The molecule has 0 aromatic heterocycles. The van der Waals surface area contributed by atoms with Crippen molar-refractivity contribution in [3.05, 3.63) is 23.8 Å². The molecular weight excluding hydrogens is 298 g/mol. The number of sulfonamides is 1. The van der Waals surface area contributed by atoms with E-state index in [0.29, 0.717) is 12.2 Å². The number of carboxylic acid groups (broad SMARTS) is 1. The molecule has 0 radical (unpaired) electrons. The van der Waals surface area contributed by atoms with Crippen LogP contribution >= 0.6 is 0 Å². The Balaban J connectivity index is 2.44. The summed E-state index contributed by atoms with van der Waals surface area (Å²) in [6, 6.07) is 4.23. The Labute approximate surface area is 122 Å². The van der Waals surface area contributed by atoms with Crippen molar-refractivity contribution in [2.24, 2.45) is 0 Å². The van der Waals surface area contributed by atoms with Gasteiger partial charge in [-0.3, -0.25) is 4.79 Å². The number of carbonyl (C=O) groups is 1. The molecule has 0 aliphatic carbocycles. The van der Waals surface area contributed by atoms with Crippen molar-refractivity contribution in [3.63, 3.8) is 0 Å². The van der Waals surface area contributed by atoms with E-state index in [2.05, 4.69) is 0 Å². The van der Waals surface area contributed by atoms with Gasteiger partial charge in [0.25, 0.3) is 0 Å². The van der Waals surface area contributed by atoms with Crippen molar-refractivity contribution >= 4 is 16.0 Å². The first kappa shape index (κ1) is 15.7. The topological polar surface area (TPSA) is 104 Å². The number of aliphatic hydroxyl groups is 1. The molecule has 2 N–H and O–H groups in total. The third-order valence-electron chi connectivity index (χ3n) is 3.35. The summed E-state index contributed by atoms with van der Waals surface area (Å²) in [4.78, 5) is 10.9. The molecule has 2 rings (SSSR count). The molecule has 1 heterocycles. The average Bonchev–Trinajstić information content (AvgIpc) is 2.85. The first-order valence-corrected chi connectivity index (χ1v) is 7.85. The van der Waals surface area contributed by atoms with Crippen LogP contribution in [-0.4, -0.2) is 55.2 Å². The Morgan fingerprint density at radius 3 is 2.71 bits per heavy atom. The molecule has 0 amide bonds. The smallest absolute Gasteiger partial charge is 0.307 e. The number of benzene rings is 1. The molecule has 7 nitrogen and oxygen atoms in total. The van der Waals surface area contributed by atoms with Gasteiger partial charge < -0.3 is 14.9 Å². The van der Waals surface area contributed by atoms with Gasteiger partial charge in [0, 0.05) is 13.1 Å². The zero-order valence-corrected chi connectivity index (χ0v) is 12.3. The summed E-state index contributed by atoms with van der Waals surface area (Å²) < 4.78 is 31.3. The monoisotopic (exact) mass is 315 g/mol. The molecule has 1 atom stereocenters. The lowest BCUT2D eigenvalue weighted by Crippen LogP contribution is -2.30. The highest BCUT2D eigenvalue weighted by molar-refractivity contribution is 7.89. The van der Waals surface area contributed by atoms with Gasteiger partial charge in [0.15, 0.2) is 0 Å². The van der Waals surface area contributed by atoms with Gasteiger partial charge in [-0.1, -0.05) is 0 Å². The second kappa shape index (κ2) is 6.00. The highest BCUT2D eigenvalue weighted by atomic mass is 32.2. The number of methoxy groups -OCH3 is 1. The van der Waals surface area contributed by atoms with E-state index in [0.717, 1.165) is 0 Å². The maximum Gasteiger partial charge on any atom is 0.307 e. The molecule has 1 fully saturated rings. The van der Waals surface area contributed by atoms with E-state index in [4.69, 9.17) is 9.84 Å². The first-order chi connectivity index (χ1) is 9.84. The van der Waals surface area contributed by atoms with Gasteiger partial charge in [-0.05, 0) is 30.2 Å². The zero-order chi connectivity index (χ0) is 15.6. The van der Waals surface area contributed by atoms with Crippen LogP contribution < -0.4 is 4.74 Å². The summed E-state index contributed by atoms with van der Waals surface area (Å²) in [5, 5.41) is 18.4. The van der Waals surface area contributed by atoms with Gasteiger partial charge in [0.05, 0.1) is 24.5 Å². The first-order valence-electron chi connectivity index (χ1n) is 6.41. The molecule has 1 aromatic carbocycles. The van der Waals surface area contributed by atoms with E-state index in [1.165, 1.54) is 29.6 Å². The van der Waals surface area contributed by atoms with Crippen LogP contribution in [0.4, 0.5) is 0 Å². The quantitative estimate of drug-likeness (QED) is 0.797. The fourth-order valence-electron chi connectivity index (χ4n) is 2.30. The molecule has 0 unspecified atom stereocenters. The summed E-state index contributed by atoms with van der Waals surface area (Å²) in [6.07, 6.45) is -0.716. The fourth-order valence-corrected chi connectivity index (χ4v) is 4.00.